The van der Waals surface area contributed by atoms with E-state index in [1.165, 1.54) is 0 Å². The second-order valence-corrected chi connectivity index (χ2v) is 10.7. The smallest absolute Gasteiger partial charge is 0.220 e. The number of carbonyl (C=O) groups is 1. The van der Waals surface area contributed by atoms with Gasteiger partial charge in [0.1, 0.15) is 11.9 Å². The van der Waals surface area contributed by atoms with Gasteiger partial charge in [-0.1, -0.05) is 66.7 Å². The molecule has 2 N–H and O–H groups in total. The fourth-order valence-corrected chi connectivity index (χ4v) is 6.03. The number of aryl methyl sites for hydroxylation is 1. The van der Waals surface area contributed by atoms with Crippen molar-refractivity contribution in [2.75, 3.05) is 6.54 Å². The predicted octanol–water partition coefficient (Wildman–Crippen LogP) is 5.28. The third kappa shape index (κ3) is 4.43. The predicted molar refractivity (Wildman–Crippen MR) is 144 cm³/mol. The van der Waals surface area contributed by atoms with E-state index in [0.29, 0.717) is 12.8 Å². The molecule has 1 spiro atoms. The highest BCUT2D eigenvalue weighted by atomic mass is 16.8. The normalized spacial score (nSPS) is 25.2. The van der Waals surface area contributed by atoms with Gasteiger partial charge in [0.25, 0.3) is 0 Å². The SMILES string of the molecule is CC1(C)O[C@@H]2CC=C3c4cc([C@H](O)CNC(=O)CCc5ccccc5)ccc4[C@@H](Oc4ccccc4)[C@]32O1. The summed E-state index contributed by atoms with van der Waals surface area (Å²) >= 11 is 0. The summed E-state index contributed by atoms with van der Waals surface area (Å²) < 4.78 is 19.6. The van der Waals surface area contributed by atoms with Gasteiger partial charge < -0.3 is 24.6 Å². The van der Waals surface area contributed by atoms with Crippen molar-refractivity contribution in [1.29, 1.82) is 0 Å². The molecule has 0 saturated carbocycles. The summed E-state index contributed by atoms with van der Waals surface area (Å²) in [5.74, 6) is -0.0542. The van der Waals surface area contributed by atoms with Crippen molar-refractivity contribution < 1.29 is 24.1 Å². The average Bonchev–Trinajstić information content (AvgIpc) is 3.48. The number of fused-ring (bicyclic) bond motifs is 2. The minimum absolute atomic E-state index is 0.0792. The maximum Gasteiger partial charge on any atom is 0.220 e. The average molecular weight is 512 g/mol. The molecule has 6 heteroatoms. The molecule has 4 atom stereocenters. The zero-order valence-corrected chi connectivity index (χ0v) is 21.7. The summed E-state index contributed by atoms with van der Waals surface area (Å²) in [6.07, 6.45) is 2.58. The highest BCUT2D eigenvalue weighted by molar-refractivity contribution is 5.84. The molecule has 0 unspecified atom stereocenters. The van der Waals surface area contributed by atoms with Crippen LogP contribution in [0.1, 0.15) is 61.2 Å². The molecule has 0 radical (unpaired) electrons. The highest BCUT2D eigenvalue weighted by Crippen LogP contribution is 2.62. The minimum Gasteiger partial charge on any atom is -0.482 e. The van der Waals surface area contributed by atoms with Crippen molar-refractivity contribution in [1.82, 2.24) is 5.32 Å². The zero-order valence-electron chi connectivity index (χ0n) is 21.7. The van der Waals surface area contributed by atoms with E-state index in [2.05, 4.69) is 11.4 Å². The first-order chi connectivity index (χ1) is 18.4. The maximum absolute atomic E-state index is 12.4. The first kappa shape index (κ1) is 24.9. The van der Waals surface area contributed by atoms with Gasteiger partial charge in [-0.25, -0.2) is 0 Å². The van der Waals surface area contributed by atoms with E-state index >= 15 is 0 Å². The lowest BCUT2D eigenvalue weighted by Gasteiger charge is -2.33. The number of aliphatic hydroxyl groups excluding tert-OH is 1. The Hall–Kier alpha value is -3.45. The molecular weight excluding hydrogens is 478 g/mol. The van der Waals surface area contributed by atoms with E-state index in [1.807, 2.05) is 92.7 Å². The van der Waals surface area contributed by atoms with E-state index in [0.717, 1.165) is 40.0 Å². The van der Waals surface area contributed by atoms with Gasteiger partial charge in [-0.2, -0.15) is 0 Å². The number of hydrogen-bond donors (Lipinski definition) is 2. The lowest BCUT2D eigenvalue weighted by molar-refractivity contribution is -0.166. The fourth-order valence-electron chi connectivity index (χ4n) is 6.03. The Morgan fingerprint density at radius 3 is 2.58 bits per heavy atom. The highest BCUT2D eigenvalue weighted by Gasteiger charge is 2.67. The molecule has 196 valence electrons. The van der Waals surface area contributed by atoms with Crippen LogP contribution in [0.3, 0.4) is 0 Å². The topological polar surface area (TPSA) is 77.0 Å². The summed E-state index contributed by atoms with van der Waals surface area (Å²) in [6, 6.07) is 25.6. The molecule has 3 aromatic carbocycles. The van der Waals surface area contributed by atoms with E-state index in [4.69, 9.17) is 14.2 Å². The number of para-hydroxylation sites is 1. The Bertz CT molecular complexity index is 1350. The monoisotopic (exact) mass is 511 g/mol. The van der Waals surface area contributed by atoms with Gasteiger partial charge in [0, 0.05) is 18.5 Å². The van der Waals surface area contributed by atoms with E-state index in [-0.39, 0.29) is 24.7 Å². The van der Waals surface area contributed by atoms with Crippen LogP contribution < -0.4 is 10.1 Å². The van der Waals surface area contributed by atoms with Crippen LogP contribution in [0.4, 0.5) is 0 Å². The number of rotatable bonds is 8. The van der Waals surface area contributed by atoms with E-state index in [1.54, 1.807) is 0 Å². The molecule has 1 saturated heterocycles. The summed E-state index contributed by atoms with van der Waals surface area (Å²) in [4.78, 5) is 12.4. The zero-order chi connectivity index (χ0) is 26.3. The Labute approximate surface area is 223 Å². The molecule has 1 amide bonds. The first-order valence-electron chi connectivity index (χ1n) is 13.3. The second-order valence-electron chi connectivity index (χ2n) is 10.7. The molecule has 6 rings (SSSR count). The fraction of sp³-hybridized carbons (Fsp3) is 0.344. The van der Waals surface area contributed by atoms with Crippen LogP contribution in [0.5, 0.6) is 5.75 Å². The number of amides is 1. The number of benzene rings is 3. The van der Waals surface area contributed by atoms with Crippen molar-refractivity contribution in [2.24, 2.45) is 0 Å². The van der Waals surface area contributed by atoms with Crippen molar-refractivity contribution >= 4 is 11.5 Å². The molecule has 0 aromatic heterocycles. The molecule has 2 aliphatic carbocycles. The van der Waals surface area contributed by atoms with Gasteiger partial charge >= 0.3 is 0 Å². The van der Waals surface area contributed by atoms with E-state index < -0.39 is 17.5 Å². The van der Waals surface area contributed by atoms with E-state index in [9.17, 15) is 9.90 Å². The van der Waals surface area contributed by atoms with Crippen LogP contribution in [0, 0.1) is 0 Å². The van der Waals surface area contributed by atoms with Crippen LogP contribution in [0.2, 0.25) is 0 Å². The molecule has 1 aliphatic heterocycles. The Morgan fingerprint density at radius 1 is 1.08 bits per heavy atom. The third-order valence-corrected chi connectivity index (χ3v) is 7.67. The van der Waals surface area contributed by atoms with Gasteiger partial charge in [0.05, 0.1) is 6.10 Å². The number of ether oxygens (including phenoxy) is 3. The third-order valence-electron chi connectivity index (χ3n) is 7.67. The maximum atomic E-state index is 12.4. The second kappa shape index (κ2) is 9.70. The lowest BCUT2D eigenvalue weighted by atomic mass is 9.91. The van der Waals surface area contributed by atoms with Gasteiger partial charge in [-0.15, -0.1) is 0 Å². The van der Waals surface area contributed by atoms with Crippen LogP contribution in [0.15, 0.2) is 84.9 Å². The molecule has 1 fully saturated rings. The Balaban J connectivity index is 1.22. The van der Waals surface area contributed by atoms with Crippen molar-refractivity contribution in [2.45, 2.75) is 62.8 Å². The first-order valence-corrected chi connectivity index (χ1v) is 13.3. The van der Waals surface area contributed by atoms with Gasteiger partial charge in [-0.3, -0.25) is 4.79 Å². The van der Waals surface area contributed by atoms with Gasteiger partial charge in [0.2, 0.25) is 5.91 Å². The molecule has 38 heavy (non-hydrogen) atoms. The summed E-state index contributed by atoms with van der Waals surface area (Å²) in [5.41, 5.74) is 4.16. The summed E-state index contributed by atoms with van der Waals surface area (Å²) in [5, 5.41) is 13.9. The standard InChI is InChI=1S/C32H33NO5/c1-31(2)37-28-17-16-26-25-19-22(27(34)20-33-29(35)18-13-21-9-5-3-6-10-21)14-15-24(25)30(32(26,28)38-31)36-23-11-7-4-8-12-23/h3-12,14-16,19,27-28,30,34H,13,17-18,20H2,1-2H3,(H,33,35)/t27-,28-,30-,32+/m1/s1. The molecule has 0 bridgehead atoms. The van der Waals surface area contributed by atoms with Gasteiger partial charge in [0.15, 0.2) is 17.5 Å². The largest absolute Gasteiger partial charge is 0.482 e. The van der Waals surface area contributed by atoms with Crippen molar-refractivity contribution in [3.8, 4) is 5.75 Å². The number of nitrogens with one attached hydrogen (secondary N) is 1. The van der Waals surface area contributed by atoms with Crippen LogP contribution in [-0.2, 0) is 20.7 Å². The van der Waals surface area contributed by atoms with Crippen LogP contribution in [0.25, 0.3) is 5.57 Å². The van der Waals surface area contributed by atoms with Gasteiger partial charge in [-0.05, 0) is 67.2 Å². The Kier molecular flexibility index (Phi) is 6.34. The lowest BCUT2D eigenvalue weighted by Crippen LogP contribution is -2.43. The minimum atomic E-state index is -0.832. The van der Waals surface area contributed by atoms with Crippen molar-refractivity contribution in [3.05, 3.63) is 107 Å². The number of hydrogen-bond acceptors (Lipinski definition) is 5. The summed E-state index contributed by atoms with van der Waals surface area (Å²) in [6.45, 7) is 4.03. The molecule has 3 aromatic rings. The van der Waals surface area contributed by atoms with Crippen LogP contribution >= 0.6 is 0 Å². The Morgan fingerprint density at radius 2 is 1.82 bits per heavy atom. The molecular formula is C32H33NO5. The molecule has 3 aliphatic rings. The molecule has 6 nitrogen and oxygen atoms in total. The number of aliphatic hydroxyl groups is 1. The summed E-state index contributed by atoms with van der Waals surface area (Å²) in [7, 11) is 0. The van der Waals surface area contributed by atoms with Crippen molar-refractivity contribution in [3.63, 3.8) is 0 Å². The van der Waals surface area contributed by atoms with Crippen LogP contribution in [-0.4, -0.2) is 35.1 Å². The molecule has 1 heterocycles. The number of carbonyl (C=O) groups excluding carboxylic acids is 1. The quantitative estimate of drug-likeness (QED) is 0.430.